The van der Waals surface area contributed by atoms with Crippen LogP contribution in [0.5, 0.6) is 0 Å². The Bertz CT molecular complexity index is 741. The summed E-state index contributed by atoms with van der Waals surface area (Å²) in [6.45, 7) is -0.593. The van der Waals surface area contributed by atoms with Gasteiger partial charge in [0.1, 0.15) is 6.54 Å². The van der Waals surface area contributed by atoms with Gasteiger partial charge in [-0.1, -0.05) is 17.7 Å². The second-order valence-electron chi connectivity index (χ2n) is 6.79. The summed E-state index contributed by atoms with van der Waals surface area (Å²) >= 11 is 5.78. The van der Waals surface area contributed by atoms with Gasteiger partial charge in [0.15, 0.2) is 6.61 Å². The maximum absolute atomic E-state index is 12.5. The first-order valence-corrected chi connectivity index (χ1v) is 9.63. The molecule has 0 spiro atoms. The third kappa shape index (κ3) is 5.57. The molecule has 1 saturated carbocycles. The highest BCUT2D eigenvalue weighted by atomic mass is 35.5. The monoisotopic (exact) mass is 390 g/mol. The van der Waals surface area contributed by atoms with Crippen molar-refractivity contribution in [3.63, 3.8) is 0 Å². The van der Waals surface area contributed by atoms with E-state index in [4.69, 9.17) is 16.3 Å². The van der Waals surface area contributed by atoms with Crippen molar-refractivity contribution in [2.45, 2.75) is 44.6 Å². The first-order valence-electron chi connectivity index (χ1n) is 9.25. The molecule has 0 saturated heterocycles. The van der Waals surface area contributed by atoms with E-state index in [2.05, 4.69) is 11.4 Å². The SMILES string of the molecule is O=C(CNC(=O)c1ccc(Cl)cc1)OCC(=O)N(C1=CCCCC1)C1CC1. The van der Waals surface area contributed by atoms with Crippen molar-refractivity contribution < 1.29 is 19.1 Å². The molecule has 7 heteroatoms. The molecule has 0 unspecified atom stereocenters. The molecule has 1 aromatic carbocycles. The summed E-state index contributed by atoms with van der Waals surface area (Å²) in [5.41, 5.74) is 1.45. The summed E-state index contributed by atoms with van der Waals surface area (Å²) in [5, 5.41) is 3.00. The molecule has 2 aliphatic carbocycles. The van der Waals surface area contributed by atoms with Crippen molar-refractivity contribution in [1.29, 1.82) is 0 Å². The molecule has 27 heavy (non-hydrogen) atoms. The zero-order valence-electron chi connectivity index (χ0n) is 15.1. The number of benzene rings is 1. The summed E-state index contributed by atoms with van der Waals surface area (Å²) in [7, 11) is 0. The van der Waals surface area contributed by atoms with Gasteiger partial charge in [-0.25, -0.2) is 0 Å². The van der Waals surface area contributed by atoms with Crippen LogP contribution in [0.15, 0.2) is 36.0 Å². The van der Waals surface area contributed by atoms with Gasteiger partial charge in [-0.3, -0.25) is 14.4 Å². The Hall–Kier alpha value is -2.34. The van der Waals surface area contributed by atoms with Crippen LogP contribution in [0.1, 0.15) is 48.9 Å². The molecule has 1 aromatic rings. The average molecular weight is 391 g/mol. The minimum atomic E-state index is -0.640. The molecule has 2 amide bonds. The van der Waals surface area contributed by atoms with Crippen molar-refractivity contribution in [3.05, 3.63) is 46.6 Å². The maximum Gasteiger partial charge on any atom is 0.325 e. The van der Waals surface area contributed by atoms with Crippen molar-refractivity contribution in [1.82, 2.24) is 10.2 Å². The second-order valence-corrected chi connectivity index (χ2v) is 7.22. The molecule has 0 aromatic heterocycles. The molecule has 144 valence electrons. The number of carbonyl (C=O) groups is 3. The molecule has 6 nitrogen and oxygen atoms in total. The Labute approximate surface area is 163 Å². The average Bonchev–Trinajstić information content (AvgIpc) is 3.51. The second kappa shape index (κ2) is 9.04. The van der Waals surface area contributed by atoms with E-state index in [9.17, 15) is 14.4 Å². The summed E-state index contributed by atoms with van der Waals surface area (Å²) < 4.78 is 5.07. The van der Waals surface area contributed by atoms with Crippen LogP contribution in [0.2, 0.25) is 5.02 Å². The lowest BCUT2D eigenvalue weighted by Gasteiger charge is -2.27. The topological polar surface area (TPSA) is 75.7 Å². The Morgan fingerprint density at radius 1 is 1.15 bits per heavy atom. The number of hydrogen-bond donors (Lipinski definition) is 1. The number of amides is 2. The third-order valence-corrected chi connectivity index (χ3v) is 4.87. The quantitative estimate of drug-likeness (QED) is 0.726. The summed E-state index contributed by atoms with van der Waals surface area (Å²) in [6.07, 6.45) is 8.23. The van der Waals surface area contributed by atoms with Crippen LogP contribution in [0, 0.1) is 0 Å². The Morgan fingerprint density at radius 2 is 1.89 bits per heavy atom. The van der Waals surface area contributed by atoms with Gasteiger partial charge < -0.3 is 15.0 Å². The normalized spacial score (nSPS) is 16.3. The van der Waals surface area contributed by atoms with Crippen LogP contribution in [0.3, 0.4) is 0 Å². The van der Waals surface area contributed by atoms with E-state index < -0.39 is 11.9 Å². The minimum Gasteiger partial charge on any atom is -0.454 e. The number of ether oxygens (including phenoxy) is 1. The Kier molecular flexibility index (Phi) is 6.50. The van der Waals surface area contributed by atoms with Crippen molar-refractivity contribution in [2.24, 2.45) is 0 Å². The van der Waals surface area contributed by atoms with Crippen LogP contribution >= 0.6 is 11.6 Å². The van der Waals surface area contributed by atoms with Crippen LogP contribution in [-0.2, 0) is 14.3 Å². The number of rotatable bonds is 7. The minimum absolute atomic E-state index is 0.192. The van der Waals surface area contributed by atoms with E-state index in [-0.39, 0.29) is 25.1 Å². The zero-order chi connectivity index (χ0) is 19.2. The summed E-state index contributed by atoms with van der Waals surface area (Å²) in [4.78, 5) is 38.2. The highest BCUT2D eigenvalue weighted by Gasteiger charge is 2.35. The van der Waals surface area contributed by atoms with Crippen LogP contribution in [0.25, 0.3) is 0 Å². The van der Waals surface area contributed by atoms with Gasteiger partial charge in [0.05, 0.1) is 0 Å². The molecular formula is C20H23ClN2O4. The maximum atomic E-state index is 12.5. The Morgan fingerprint density at radius 3 is 2.52 bits per heavy atom. The van der Waals surface area contributed by atoms with E-state index in [1.807, 2.05) is 0 Å². The van der Waals surface area contributed by atoms with Crippen LogP contribution in [-0.4, -0.2) is 41.9 Å². The zero-order valence-corrected chi connectivity index (χ0v) is 15.8. The number of nitrogens with one attached hydrogen (secondary N) is 1. The summed E-state index contributed by atoms with van der Waals surface area (Å²) in [6, 6.07) is 6.57. The van der Waals surface area contributed by atoms with Gasteiger partial charge in [-0.2, -0.15) is 0 Å². The molecule has 1 fully saturated rings. The lowest BCUT2D eigenvalue weighted by molar-refractivity contribution is -0.150. The molecule has 0 bridgehead atoms. The van der Waals surface area contributed by atoms with E-state index in [0.717, 1.165) is 44.2 Å². The van der Waals surface area contributed by atoms with Gasteiger partial charge in [0, 0.05) is 22.3 Å². The van der Waals surface area contributed by atoms with Crippen LogP contribution in [0.4, 0.5) is 0 Å². The molecule has 0 heterocycles. The largest absolute Gasteiger partial charge is 0.454 e. The van der Waals surface area contributed by atoms with E-state index in [1.54, 1.807) is 29.2 Å². The molecule has 0 aliphatic heterocycles. The van der Waals surface area contributed by atoms with Gasteiger partial charge in [-0.05, 0) is 62.8 Å². The number of carbonyl (C=O) groups excluding carboxylic acids is 3. The van der Waals surface area contributed by atoms with Crippen molar-refractivity contribution in [3.8, 4) is 0 Å². The molecule has 2 aliphatic rings. The predicted octanol–water partition coefficient (Wildman–Crippen LogP) is 3.06. The fourth-order valence-electron chi connectivity index (χ4n) is 3.09. The van der Waals surface area contributed by atoms with Gasteiger partial charge in [0.2, 0.25) is 0 Å². The smallest absolute Gasteiger partial charge is 0.325 e. The molecule has 3 rings (SSSR count). The highest BCUT2D eigenvalue weighted by molar-refractivity contribution is 6.30. The number of allylic oxidation sites excluding steroid dienone is 2. The standard InChI is InChI=1S/C20H23ClN2O4/c21-15-8-6-14(7-9-15)20(26)22-12-19(25)27-13-18(24)23(17-10-11-17)16-4-2-1-3-5-16/h4,6-9,17H,1-3,5,10-13H2,(H,22,26). The first-order chi connectivity index (χ1) is 13.0. The van der Waals surface area contributed by atoms with E-state index in [1.165, 1.54) is 0 Å². The summed E-state index contributed by atoms with van der Waals surface area (Å²) in [5.74, 6) is -1.23. The van der Waals surface area contributed by atoms with Gasteiger partial charge >= 0.3 is 5.97 Å². The number of hydrogen-bond acceptors (Lipinski definition) is 4. The molecule has 1 N–H and O–H groups in total. The first kappa shape index (κ1) is 19.4. The highest BCUT2D eigenvalue weighted by Crippen LogP contribution is 2.33. The van der Waals surface area contributed by atoms with E-state index >= 15 is 0 Å². The molecule has 0 atom stereocenters. The van der Waals surface area contributed by atoms with Gasteiger partial charge in [0.25, 0.3) is 11.8 Å². The fourth-order valence-corrected chi connectivity index (χ4v) is 3.22. The number of esters is 1. The molecule has 0 radical (unpaired) electrons. The number of nitrogens with zero attached hydrogens (tertiary/aromatic N) is 1. The van der Waals surface area contributed by atoms with Crippen LogP contribution < -0.4 is 5.32 Å². The third-order valence-electron chi connectivity index (χ3n) is 4.61. The lowest BCUT2D eigenvalue weighted by atomic mass is 10.0. The van der Waals surface area contributed by atoms with Crippen molar-refractivity contribution >= 4 is 29.4 Å². The van der Waals surface area contributed by atoms with Crippen molar-refractivity contribution in [2.75, 3.05) is 13.2 Å². The molecular weight excluding hydrogens is 368 g/mol. The fraction of sp³-hybridized carbons (Fsp3) is 0.450. The lowest BCUT2D eigenvalue weighted by Crippen LogP contribution is -2.38. The van der Waals surface area contributed by atoms with Gasteiger partial charge in [-0.15, -0.1) is 0 Å². The van der Waals surface area contributed by atoms with E-state index in [0.29, 0.717) is 10.6 Å². The predicted molar refractivity (Wildman–Crippen MR) is 101 cm³/mol. The number of halogens is 1. The Balaban J connectivity index is 1.45.